The molecule has 3 aliphatic carbocycles. The number of hydrogen-bond donors (Lipinski definition) is 0. The summed E-state index contributed by atoms with van der Waals surface area (Å²) < 4.78 is 0. The van der Waals surface area contributed by atoms with E-state index in [1.165, 1.54) is 37.7 Å². The highest BCUT2D eigenvalue weighted by atomic mass is 14.5. The fourth-order valence-corrected chi connectivity index (χ4v) is 3.54. The Morgan fingerprint density at radius 2 is 2.36 bits per heavy atom. The molecule has 2 atom stereocenters. The molecule has 74 valence electrons. The van der Waals surface area contributed by atoms with E-state index in [-0.39, 0.29) is 0 Å². The molecule has 0 amide bonds. The van der Waals surface area contributed by atoms with Crippen LogP contribution in [0.4, 0.5) is 0 Å². The van der Waals surface area contributed by atoms with Gasteiger partial charge in [0.2, 0.25) is 0 Å². The molecule has 0 radical (unpaired) electrons. The van der Waals surface area contributed by atoms with Crippen molar-refractivity contribution in [2.24, 2.45) is 11.8 Å². The molecule has 0 bridgehead atoms. The minimum atomic E-state index is 0.810. The molecule has 3 rings (SSSR count). The first-order valence-corrected chi connectivity index (χ1v) is 5.93. The van der Waals surface area contributed by atoms with E-state index in [4.69, 9.17) is 0 Å². The standard InChI is InChI=1S/C14H18/c1-3-10-8-13-9(2)11-6-4-5-7-12(10)14(11)13/h6,13-14H,2-5,7-8H2,1H3. The minimum Gasteiger partial charge on any atom is -0.0952 e. The lowest BCUT2D eigenvalue weighted by molar-refractivity contribution is 0.447. The van der Waals surface area contributed by atoms with Crippen LogP contribution >= 0.6 is 0 Å². The SMILES string of the molecule is C=C1C2=CCCCC3=C(CC)CC1C23. The number of rotatable bonds is 1. The summed E-state index contributed by atoms with van der Waals surface area (Å²) in [5.74, 6) is 1.63. The van der Waals surface area contributed by atoms with Gasteiger partial charge in [0.15, 0.2) is 0 Å². The van der Waals surface area contributed by atoms with Crippen molar-refractivity contribution in [3.63, 3.8) is 0 Å². The molecule has 0 aromatic heterocycles. The van der Waals surface area contributed by atoms with E-state index < -0.39 is 0 Å². The normalized spacial score (nSPS) is 34.9. The zero-order valence-electron chi connectivity index (χ0n) is 8.97. The van der Waals surface area contributed by atoms with Crippen LogP contribution in [0.2, 0.25) is 0 Å². The third-order valence-corrected chi connectivity index (χ3v) is 4.29. The molecule has 0 spiro atoms. The molecule has 0 aromatic carbocycles. The summed E-state index contributed by atoms with van der Waals surface area (Å²) in [6, 6.07) is 0. The molecule has 0 nitrogen and oxygen atoms in total. The van der Waals surface area contributed by atoms with Crippen LogP contribution in [0.25, 0.3) is 0 Å². The Morgan fingerprint density at radius 1 is 1.50 bits per heavy atom. The van der Waals surface area contributed by atoms with Gasteiger partial charge in [0.1, 0.15) is 0 Å². The first-order chi connectivity index (χ1) is 6.83. The second kappa shape index (κ2) is 2.85. The summed E-state index contributed by atoms with van der Waals surface area (Å²) in [5.41, 5.74) is 6.61. The second-order valence-electron chi connectivity index (χ2n) is 4.85. The first kappa shape index (κ1) is 8.52. The van der Waals surface area contributed by atoms with Gasteiger partial charge >= 0.3 is 0 Å². The van der Waals surface area contributed by atoms with Crippen LogP contribution in [-0.2, 0) is 0 Å². The van der Waals surface area contributed by atoms with Gasteiger partial charge in [-0.15, -0.1) is 0 Å². The highest BCUT2D eigenvalue weighted by molar-refractivity contribution is 5.55. The second-order valence-corrected chi connectivity index (χ2v) is 4.85. The van der Waals surface area contributed by atoms with Crippen LogP contribution in [0, 0.1) is 11.8 Å². The van der Waals surface area contributed by atoms with Crippen LogP contribution in [0.5, 0.6) is 0 Å². The van der Waals surface area contributed by atoms with E-state index in [1.54, 1.807) is 16.7 Å². The average Bonchev–Trinajstić information content (AvgIpc) is 2.40. The molecule has 2 unspecified atom stereocenters. The van der Waals surface area contributed by atoms with Crippen LogP contribution < -0.4 is 0 Å². The number of allylic oxidation sites excluding steroid dienone is 5. The van der Waals surface area contributed by atoms with E-state index in [0.717, 1.165) is 11.8 Å². The van der Waals surface area contributed by atoms with Crippen molar-refractivity contribution in [1.82, 2.24) is 0 Å². The van der Waals surface area contributed by atoms with Gasteiger partial charge in [0.25, 0.3) is 0 Å². The highest BCUT2D eigenvalue weighted by Gasteiger charge is 2.46. The van der Waals surface area contributed by atoms with Crippen LogP contribution in [0.15, 0.2) is 34.9 Å². The van der Waals surface area contributed by atoms with Crippen LogP contribution in [-0.4, -0.2) is 0 Å². The molecule has 0 heteroatoms. The summed E-state index contributed by atoms with van der Waals surface area (Å²) in [6.45, 7) is 6.55. The van der Waals surface area contributed by atoms with Gasteiger partial charge in [-0.25, -0.2) is 0 Å². The lowest BCUT2D eigenvalue weighted by Crippen LogP contribution is -2.28. The van der Waals surface area contributed by atoms with Gasteiger partial charge in [0, 0.05) is 5.92 Å². The fourth-order valence-electron chi connectivity index (χ4n) is 3.54. The monoisotopic (exact) mass is 186 g/mol. The van der Waals surface area contributed by atoms with Gasteiger partial charge in [-0.1, -0.05) is 30.7 Å². The van der Waals surface area contributed by atoms with Crippen molar-refractivity contribution in [3.8, 4) is 0 Å². The Kier molecular flexibility index (Phi) is 1.74. The summed E-state index contributed by atoms with van der Waals surface area (Å²) in [4.78, 5) is 0. The van der Waals surface area contributed by atoms with Crippen LogP contribution in [0.3, 0.4) is 0 Å². The zero-order valence-corrected chi connectivity index (χ0v) is 8.97. The molecule has 0 saturated heterocycles. The predicted molar refractivity (Wildman–Crippen MR) is 60.0 cm³/mol. The highest BCUT2D eigenvalue weighted by Crippen LogP contribution is 2.59. The van der Waals surface area contributed by atoms with E-state index >= 15 is 0 Å². The third-order valence-electron chi connectivity index (χ3n) is 4.29. The van der Waals surface area contributed by atoms with Gasteiger partial charge in [-0.2, -0.15) is 0 Å². The van der Waals surface area contributed by atoms with Crippen molar-refractivity contribution in [2.75, 3.05) is 0 Å². The first-order valence-electron chi connectivity index (χ1n) is 5.93. The summed E-state index contributed by atoms with van der Waals surface area (Å²) in [7, 11) is 0. The average molecular weight is 186 g/mol. The summed E-state index contributed by atoms with van der Waals surface area (Å²) in [6.07, 6.45) is 9.04. The predicted octanol–water partition coefficient (Wildman–Crippen LogP) is 4.01. The van der Waals surface area contributed by atoms with Gasteiger partial charge in [0.05, 0.1) is 0 Å². The van der Waals surface area contributed by atoms with Crippen molar-refractivity contribution in [1.29, 1.82) is 0 Å². The smallest absolute Gasteiger partial charge is 0.0122 e. The Labute approximate surface area is 86.4 Å². The van der Waals surface area contributed by atoms with Crippen LogP contribution in [0.1, 0.15) is 39.0 Å². The molecule has 1 fully saturated rings. The molecule has 3 aliphatic rings. The summed E-state index contributed by atoms with van der Waals surface area (Å²) in [5, 5.41) is 0. The quantitative estimate of drug-likeness (QED) is 0.543. The van der Waals surface area contributed by atoms with E-state index in [2.05, 4.69) is 19.6 Å². The maximum absolute atomic E-state index is 4.24. The Morgan fingerprint density at radius 3 is 3.14 bits per heavy atom. The Hall–Kier alpha value is -0.780. The minimum absolute atomic E-state index is 0.810. The van der Waals surface area contributed by atoms with E-state index in [9.17, 15) is 0 Å². The Bertz CT molecular complexity index is 354. The Balaban J connectivity index is 2.04. The largest absolute Gasteiger partial charge is 0.0952 e. The molecule has 14 heavy (non-hydrogen) atoms. The van der Waals surface area contributed by atoms with Gasteiger partial charge in [-0.05, 0) is 49.2 Å². The van der Waals surface area contributed by atoms with E-state index in [1.807, 2.05) is 0 Å². The van der Waals surface area contributed by atoms with Gasteiger partial charge < -0.3 is 0 Å². The third kappa shape index (κ3) is 0.893. The van der Waals surface area contributed by atoms with Crippen molar-refractivity contribution >= 4 is 0 Å². The van der Waals surface area contributed by atoms with Gasteiger partial charge in [-0.3, -0.25) is 0 Å². The molecule has 0 heterocycles. The molecular weight excluding hydrogens is 168 g/mol. The fraction of sp³-hybridized carbons (Fsp3) is 0.571. The topological polar surface area (TPSA) is 0 Å². The zero-order chi connectivity index (χ0) is 9.71. The molecule has 1 saturated carbocycles. The van der Waals surface area contributed by atoms with Crippen molar-refractivity contribution in [2.45, 2.75) is 39.0 Å². The van der Waals surface area contributed by atoms with Crippen molar-refractivity contribution in [3.05, 3.63) is 34.9 Å². The molecule has 0 aliphatic heterocycles. The lowest BCUT2D eigenvalue weighted by atomic mass is 9.65. The number of hydrogen-bond acceptors (Lipinski definition) is 0. The summed E-state index contributed by atoms with van der Waals surface area (Å²) >= 11 is 0. The van der Waals surface area contributed by atoms with E-state index in [0.29, 0.717) is 0 Å². The molecule has 0 N–H and O–H groups in total. The molecule has 0 aromatic rings. The van der Waals surface area contributed by atoms with Crippen molar-refractivity contribution < 1.29 is 0 Å². The lowest BCUT2D eigenvalue weighted by Gasteiger charge is -2.38. The molecular formula is C14H18. The maximum Gasteiger partial charge on any atom is 0.0122 e. The maximum atomic E-state index is 4.24.